The first kappa shape index (κ1) is 23.5. The largest absolute Gasteiger partial charge is 0.349 e. The number of benzene rings is 1. The van der Waals surface area contributed by atoms with Crippen molar-refractivity contribution in [3.8, 4) is 6.07 Å². The number of fused-ring (bicyclic) bond motifs is 1. The number of anilines is 1. The molecule has 1 atom stereocenters. The molecular formula is C26H30N6O2S. The Morgan fingerprint density at radius 1 is 1.20 bits per heavy atom. The van der Waals surface area contributed by atoms with Gasteiger partial charge < -0.3 is 16.0 Å². The molecule has 3 heterocycles. The van der Waals surface area contributed by atoms with Crippen molar-refractivity contribution in [2.75, 3.05) is 18.0 Å². The van der Waals surface area contributed by atoms with Crippen LogP contribution < -0.4 is 21.5 Å². The Morgan fingerprint density at radius 3 is 2.77 bits per heavy atom. The third kappa shape index (κ3) is 4.95. The standard InChI is InChI=1S/C26H30N6O2S/c27-14-17-7-4-5-8-18(17)15-32-25(34)23-21(30-26(32)31-12-6-9-19(28)16-31)13-22(35-23)24(33)29-20-10-2-1-3-11-20/h4-5,7-8,13,19-20H,1-3,6,9-12,15-16,28H2,(H,29,33)/t19-/m1/s1. The minimum Gasteiger partial charge on any atom is -0.349 e. The van der Waals surface area contributed by atoms with Gasteiger partial charge >= 0.3 is 0 Å². The molecule has 0 spiro atoms. The first-order valence-corrected chi connectivity index (χ1v) is 13.2. The minimum atomic E-state index is -0.196. The van der Waals surface area contributed by atoms with Crippen molar-refractivity contribution in [1.82, 2.24) is 14.9 Å². The molecule has 2 aromatic heterocycles. The highest BCUT2D eigenvalue weighted by molar-refractivity contribution is 7.20. The lowest BCUT2D eigenvalue weighted by molar-refractivity contribution is 0.0932. The van der Waals surface area contributed by atoms with Gasteiger partial charge in [-0.15, -0.1) is 11.3 Å². The normalized spacial score (nSPS) is 19.0. The first-order valence-electron chi connectivity index (χ1n) is 12.4. The number of carbonyl (C=O) groups is 1. The Labute approximate surface area is 208 Å². The van der Waals surface area contributed by atoms with Crippen LogP contribution in [-0.4, -0.2) is 40.6 Å². The van der Waals surface area contributed by atoms with Crippen molar-refractivity contribution in [2.24, 2.45) is 5.73 Å². The second-order valence-electron chi connectivity index (χ2n) is 9.55. The molecule has 5 rings (SSSR count). The summed E-state index contributed by atoms with van der Waals surface area (Å²) in [6, 6.07) is 11.4. The number of nitrogens with one attached hydrogen (secondary N) is 1. The summed E-state index contributed by atoms with van der Waals surface area (Å²) in [5.74, 6) is 0.407. The Kier molecular flexibility index (Phi) is 6.84. The van der Waals surface area contributed by atoms with Crippen LogP contribution in [0.4, 0.5) is 5.95 Å². The highest BCUT2D eigenvalue weighted by atomic mass is 32.1. The summed E-state index contributed by atoms with van der Waals surface area (Å²) in [5, 5.41) is 12.7. The fraction of sp³-hybridized carbons (Fsp3) is 0.462. The van der Waals surface area contributed by atoms with Gasteiger partial charge in [0.15, 0.2) is 0 Å². The van der Waals surface area contributed by atoms with E-state index in [0.717, 1.165) is 50.6 Å². The number of carbonyl (C=O) groups excluding carboxylic acids is 1. The van der Waals surface area contributed by atoms with Crippen LogP contribution in [0.15, 0.2) is 35.1 Å². The van der Waals surface area contributed by atoms with Gasteiger partial charge in [-0.1, -0.05) is 37.5 Å². The number of nitrogens with two attached hydrogens (primary N) is 1. The number of rotatable bonds is 5. The number of amides is 1. The van der Waals surface area contributed by atoms with Gasteiger partial charge in [0, 0.05) is 25.2 Å². The molecule has 35 heavy (non-hydrogen) atoms. The summed E-state index contributed by atoms with van der Waals surface area (Å²) >= 11 is 1.20. The number of thiophene rings is 1. The van der Waals surface area contributed by atoms with E-state index in [1.165, 1.54) is 17.8 Å². The fourth-order valence-electron chi connectivity index (χ4n) is 5.13. The summed E-state index contributed by atoms with van der Waals surface area (Å²) in [7, 11) is 0. The molecule has 9 heteroatoms. The first-order chi connectivity index (χ1) is 17.0. The second-order valence-corrected chi connectivity index (χ2v) is 10.6. The van der Waals surface area contributed by atoms with E-state index in [4.69, 9.17) is 10.7 Å². The maximum Gasteiger partial charge on any atom is 0.273 e. The number of piperidine rings is 1. The number of aromatic nitrogens is 2. The molecular weight excluding hydrogens is 460 g/mol. The zero-order valence-electron chi connectivity index (χ0n) is 19.7. The van der Waals surface area contributed by atoms with E-state index < -0.39 is 0 Å². The number of nitriles is 1. The predicted molar refractivity (Wildman–Crippen MR) is 138 cm³/mol. The van der Waals surface area contributed by atoms with Gasteiger partial charge in [-0.25, -0.2) is 4.98 Å². The van der Waals surface area contributed by atoms with E-state index in [1.54, 1.807) is 16.7 Å². The molecule has 2 fully saturated rings. The van der Waals surface area contributed by atoms with Crippen molar-refractivity contribution in [1.29, 1.82) is 5.26 Å². The summed E-state index contributed by atoms with van der Waals surface area (Å²) in [4.78, 5) is 34.2. The molecule has 1 saturated heterocycles. The van der Waals surface area contributed by atoms with Crippen molar-refractivity contribution >= 4 is 33.4 Å². The summed E-state index contributed by atoms with van der Waals surface area (Å²) in [6.07, 6.45) is 7.34. The molecule has 0 radical (unpaired) electrons. The zero-order valence-corrected chi connectivity index (χ0v) is 20.5. The highest BCUT2D eigenvalue weighted by Gasteiger charge is 2.25. The molecule has 3 N–H and O–H groups in total. The van der Waals surface area contributed by atoms with Gasteiger partial charge in [0.2, 0.25) is 5.95 Å². The molecule has 2 aliphatic rings. The quantitative estimate of drug-likeness (QED) is 0.566. The van der Waals surface area contributed by atoms with Crippen molar-refractivity contribution in [2.45, 2.75) is 63.6 Å². The van der Waals surface area contributed by atoms with Crippen LogP contribution in [0.5, 0.6) is 0 Å². The van der Waals surface area contributed by atoms with Crippen LogP contribution in [0, 0.1) is 11.3 Å². The topological polar surface area (TPSA) is 117 Å². The maximum absolute atomic E-state index is 13.8. The molecule has 182 valence electrons. The molecule has 0 unspecified atom stereocenters. The third-order valence-electron chi connectivity index (χ3n) is 6.98. The van der Waals surface area contributed by atoms with E-state index >= 15 is 0 Å². The molecule has 3 aromatic rings. The van der Waals surface area contributed by atoms with E-state index in [2.05, 4.69) is 16.3 Å². The van der Waals surface area contributed by atoms with E-state index in [-0.39, 0.29) is 30.1 Å². The monoisotopic (exact) mass is 490 g/mol. The lowest BCUT2D eigenvalue weighted by Gasteiger charge is -2.33. The van der Waals surface area contributed by atoms with Crippen LogP contribution in [-0.2, 0) is 6.54 Å². The smallest absolute Gasteiger partial charge is 0.273 e. The average Bonchev–Trinajstić information content (AvgIpc) is 3.31. The van der Waals surface area contributed by atoms with Gasteiger partial charge in [0.25, 0.3) is 11.5 Å². The Morgan fingerprint density at radius 2 is 2.00 bits per heavy atom. The Balaban J connectivity index is 1.55. The van der Waals surface area contributed by atoms with Crippen LogP contribution in [0.2, 0.25) is 0 Å². The molecule has 1 aliphatic heterocycles. The second kappa shape index (κ2) is 10.2. The van der Waals surface area contributed by atoms with Crippen molar-refractivity contribution in [3.63, 3.8) is 0 Å². The number of hydrogen-bond donors (Lipinski definition) is 2. The predicted octanol–water partition coefficient (Wildman–Crippen LogP) is 3.37. The summed E-state index contributed by atoms with van der Waals surface area (Å²) < 4.78 is 2.09. The maximum atomic E-state index is 13.8. The van der Waals surface area contributed by atoms with Crippen molar-refractivity contribution in [3.05, 3.63) is 56.7 Å². The average molecular weight is 491 g/mol. The van der Waals surface area contributed by atoms with Gasteiger partial charge in [-0.3, -0.25) is 14.2 Å². The third-order valence-corrected chi connectivity index (χ3v) is 8.10. The lowest BCUT2D eigenvalue weighted by Crippen LogP contribution is -2.45. The van der Waals surface area contributed by atoms with Crippen LogP contribution in [0.3, 0.4) is 0 Å². The molecule has 1 aliphatic carbocycles. The molecule has 8 nitrogen and oxygen atoms in total. The SMILES string of the molecule is N#Cc1ccccc1Cn1c(N2CCC[C@@H](N)C2)nc2cc(C(=O)NC3CCCCC3)sc2c1=O. The van der Waals surface area contributed by atoms with Crippen LogP contribution in [0.25, 0.3) is 10.2 Å². The lowest BCUT2D eigenvalue weighted by atomic mass is 9.95. The molecule has 1 amide bonds. The molecule has 1 aromatic carbocycles. The van der Waals surface area contributed by atoms with E-state index in [1.807, 2.05) is 18.2 Å². The fourth-order valence-corrected chi connectivity index (χ4v) is 6.08. The molecule has 1 saturated carbocycles. The van der Waals surface area contributed by atoms with Gasteiger partial charge in [0.1, 0.15) is 4.70 Å². The molecule has 0 bridgehead atoms. The van der Waals surface area contributed by atoms with E-state index in [0.29, 0.717) is 33.2 Å². The van der Waals surface area contributed by atoms with E-state index in [9.17, 15) is 14.9 Å². The van der Waals surface area contributed by atoms with Gasteiger partial charge in [-0.2, -0.15) is 5.26 Å². The Hall–Kier alpha value is -3.22. The highest BCUT2D eigenvalue weighted by Crippen LogP contribution is 2.27. The number of nitrogens with zero attached hydrogens (tertiary/aromatic N) is 4. The van der Waals surface area contributed by atoms with Gasteiger partial charge in [0.05, 0.1) is 28.6 Å². The van der Waals surface area contributed by atoms with Crippen LogP contribution >= 0.6 is 11.3 Å². The minimum absolute atomic E-state index is 0.00972. The van der Waals surface area contributed by atoms with Crippen molar-refractivity contribution < 1.29 is 4.79 Å². The van der Waals surface area contributed by atoms with Crippen LogP contribution in [0.1, 0.15) is 65.7 Å². The van der Waals surface area contributed by atoms with Gasteiger partial charge in [-0.05, 0) is 43.4 Å². The number of hydrogen-bond acceptors (Lipinski definition) is 7. The Bertz CT molecular complexity index is 1330. The summed E-state index contributed by atoms with van der Waals surface area (Å²) in [6.45, 7) is 1.59. The zero-order chi connectivity index (χ0) is 24.4. The summed E-state index contributed by atoms with van der Waals surface area (Å²) in [5.41, 5.74) is 7.87.